The quantitative estimate of drug-likeness (QED) is 0.789. The third-order valence-corrected chi connectivity index (χ3v) is 2.60. The fraction of sp³-hybridized carbons (Fsp3) is 0. The molecule has 0 saturated carbocycles. The van der Waals surface area contributed by atoms with Crippen LogP contribution in [-0.4, -0.2) is 22.2 Å². The Balaban J connectivity index is 2.81. The van der Waals surface area contributed by atoms with Gasteiger partial charge in [0.15, 0.2) is 0 Å². The Morgan fingerprint density at radius 3 is 2.00 bits per heavy atom. The molecule has 4 heteroatoms. The normalized spacial score (nSPS) is 9.94. The molecule has 2 N–H and O–H groups in total. The maximum absolute atomic E-state index is 11.0. The van der Waals surface area contributed by atoms with E-state index >= 15 is 0 Å². The smallest absolute Gasteiger partial charge is 0.336 e. The molecule has 0 aliphatic heterocycles. The van der Waals surface area contributed by atoms with Crippen LogP contribution < -0.4 is 0 Å². The SMILES string of the molecule is C#Cc1ccc2cc(C(=O)O)c(C(=O)O)cc2c1. The first kappa shape index (κ1) is 11.7. The van der Waals surface area contributed by atoms with E-state index in [0.29, 0.717) is 16.3 Å². The van der Waals surface area contributed by atoms with Gasteiger partial charge in [-0.3, -0.25) is 0 Å². The molecule has 4 nitrogen and oxygen atoms in total. The Morgan fingerprint density at radius 1 is 0.944 bits per heavy atom. The first-order valence-corrected chi connectivity index (χ1v) is 5.04. The van der Waals surface area contributed by atoms with E-state index in [2.05, 4.69) is 5.92 Å². The maximum Gasteiger partial charge on any atom is 0.336 e. The van der Waals surface area contributed by atoms with Crippen molar-refractivity contribution in [3.63, 3.8) is 0 Å². The molecule has 0 spiro atoms. The van der Waals surface area contributed by atoms with Gasteiger partial charge in [-0.25, -0.2) is 9.59 Å². The first-order chi connectivity index (χ1) is 8.52. The van der Waals surface area contributed by atoms with Crippen molar-refractivity contribution in [2.24, 2.45) is 0 Å². The Labute approximate surface area is 102 Å². The summed E-state index contributed by atoms with van der Waals surface area (Å²) in [6, 6.07) is 7.65. The molecule has 2 rings (SSSR count). The van der Waals surface area contributed by atoms with Gasteiger partial charge < -0.3 is 10.2 Å². The molecule has 0 amide bonds. The molecule has 0 saturated heterocycles. The van der Waals surface area contributed by atoms with Crippen LogP contribution in [0.3, 0.4) is 0 Å². The van der Waals surface area contributed by atoms with Crippen molar-refractivity contribution in [3.8, 4) is 12.3 Å². The van der Waals surface area contributed by atoms with Crippen molar-refractivity contribution in [1.29, 1.82) is 0 Å². The summed E-state index contributed by atoms with van der Waals surface area (Å²) in [5.74, 6) is -0.104. The summed E-state index contributed by atoms with van der Waals surface area (Å²) in [7, 11) is 0. The number of hydrogen-bond donors (Lipinski definition) is 2. The molecule has 2 aromatic rings. The predicted molar refractivity (Wildman–Crippen MR) is 65.8 cm³/mol. The van der Waals surface area contributed by atoms with Gasteiger partial charge in [-0.15, -0.1) is 6.42 Å². The molecule has 0 fully saturated rings. The number of terminal acetylenes is 1. The lowest BCUT2D eigenvalue weighted by atomic mass is 9.99. The van der Waals surface area contributed by atoms with Gasteiger partial charge in [0, 0.05) is 5.56 Å². The topological polar surface area (TPSA) is 74.6 Å². The Bertz CT molecular complexity index is 708. The third-order valence-electron chi connectivity index (χ3n) is 2.60. The van der Waals surface area contributed by atoms with Gasteiger partial charge in [-0.1, -0.05) is 12.0 Å². The van der Waals surface area contributed by atoms with Crippen LogP contribution in [0.1, 0.15) is 26.3 Å². The summed E-state index contributed by atoms with van der Waals surface area (Å²) in [5, 5.41) is 19.2. The molecule has 2 aromatic carbocycles. The summed E-state index contributed by atoms with van der Waals surface area (Å²) in [5.41, 5.74) is 0.134. The predicted octanol–water partition coefficient (Wildman–Crippen LogP) is 2.22. The van der Waals surface area contributed by atoms with Gasteiger partial charge in [-0.2, -0.15) is 0 Å². The standard InChI is InChI=1S/C14H8O4/c1-2-8-3-4-9-6-11(13(15)16)12(14(17)18)7-10(9)5-8/h1,3-7H,(H,15,16)(H,17,18). The van der Waals surface area contributed by atoms with Crippen molar-refractivity contribution < 1.29 is 19.8 Å². The van der Waals surface area contributed by atoms with Gasteiger partial charge in [0.25, 0.3) is 0 Å². The van der Waals surface area contributed by atoms with E-state index < -0.39 is 11.9 Å². The highest BCUT2D eigenvalue weighted by atomic mass is 16.4. The summed E-state index contributed by atoms with van der Waals surface area (Å²) in [4.78, 5) is 22.0. The van der Waals surface area contributed by atoms with E-state index in [1.54, 1.807) is 18.2 Å². The molecular weight excluding hydrogens is 232 g/mol. The first-order valence-electron chi connectivity index (χ1n) is 5.04. The van der Waals surface area contributed by atoms with Crippen LogP contribution in [0.15, 0.2) is 30.3 Å². The zero-order valence-corrected chi connectivity index (χ0v) is 9.18. The molecule has 0 unspecified atom stereocenters. The highest BCUT2D eigenvalue weighted by Crippen LogP contribution is 2.21. The molecule has 0 aromatic heterocycles. The molecule has 88 valence electrons. The Kier molecular flexibility index (Phi) is 2.74. The zero-order valence-electron chi connectivity index (χ0n) is 9.18. The Hall–Kier alpha value is -2.80. The van der Waals surface area contributed by atoms with Crippen LogP contribution in [0.5, 0.6) is 0 Å². The van der Waals surface area contributed by atoms with Crippen LogP contribution in [0.4, 0.5) is 0 Å². The molecule has 0 bridgehead atoms. The highest BCUT2D eigenvalue weighted by Gasteiger charge is 2.16. The number of carboxylic acid groups (broad SMARTS) is 2. The number of hydrogen-bond acceptors (Lipinski definition) is 2. The van der Waals surface area contributed by atoms with Crippen LogP contribution >= 0.6 is 0 Å². The maximum atomic E-state index is 11.0. The molecule has 0 atom stereocenters. The number of benzene rings is 2. The lowest BCUT2D eigenvalue weighted by molar-refractivity contribution is 0.0652. The Morgan fingerprint density at radius 2 is 1.50 bits per heavy atom. The monoisotopic (exact) mass is 240 g/mol. The van der Waals surface area contributed by atoms with Crippen molar-refractivity contribution in [1.82, 2.24) is 0 Å². The fourth-order valence-corrected chi connectivity index (χ4v) is 1.74. The summed E-state index contributed by atoms with van der Waals surface area (Å²) in [6.45, 7) is 0. The largest absolute Gasteiger partial charge is 0.478 e. The molecule has 0 radical (unpaired) electrons. The van der Waals surface area contributed by atoms with E-state index in [1.807, 2.05) is 0 Å². The average molecular weight is 240 g/mol. The summed E-state index contributed by atoms with van der Waals surface area (Å²) < 4.78 is 0. The van der Waals surface area contributed by atoms with Crippen LogP contribution in [-0.2, 0) is 0 Å². The average Bonchev–Trinajstić information content (AvgIpc) is 2.36. The highest BCUT2D eigenvalue weighted by molar-refractivity contribution is 6.06. The fourth-order valence-electron chi connectivity index (χ4n) is 1.74. The number of carbonyl (C=O) groups is 2. The second kappa shape index (κ2) is 4.22. The van der Waals surface area contributed by atoms with Gasteiger partial charge >= 0.3 is 11.9 Å². The summed E-state index contributed by atoms with van der Waals surface area (Å²) >= 11 is 0. The third kappa shape index (κ3) is 1.89. The van der Waals surface area contributed by atoms with E-state index in [9.17, 15) is 9.59 Å². The van der Waals surface area contributed by atoms with Crippen molar-refractivity contribution in [3.05, 3.63) is 47.0 Å². The molecule has 0 aliphatic rings. The summed E-state index contributed by atoms with van der Waals surface area (Å²) in [6.07, 6.45) is 5.26. The van der Waals surface area contributed by atoms with E-state index in [4.69, 9.17) is 16.6 Å². The number of fused-ring (bicyclic) bond motifs is 1. The minimum Gasteiger partial charge on any atom is -0.478 e. The van der Waals surface area contributed by atoms with E-state index in [0.717, 1.165) is 0 Å². The zero-order chi connectivity index (χ0) is 13.3. The van der Waals surface area contributed by atoms with Crippen molar-refractivity contribution in [2.75, 3.05) is 0 Å². The van der Waals surface area contributed by atoms with Crippen LogP contribution in [0, 0.1) is 12.3 Å². The van der Waals surface area contributed by atoms with Crippen LogP contribution in [0.2, 0.25) is 0 Å². The molecule has 18 heavy (non-hydrogen) atoms. The van der Waals surface area contributed by atoms with Crippen molar-refractivity contribution >= 4 is 22.7 Å². The van der Waals surface area contributed by atoms with Crippen LogP contribution in [0.25, 0.3) is 10.8 Å². The van der Waals surface area contributed by atoms with Gasteiger partial charge in [0.1, 0.15) is 0 Å². The molecule has 0 aliphatic carbocycles. The minimum absolute atomic E-state index is 0.233. The lowest BCUT2D eigenvalue weighted by Crippen LogP contribution is -2.07. The second-order valence-electron chi connectivity index (χ2n) is 3.71. The molecule has 0 heterocycles. The second-order valence-corrected chi connectivity index (χ2v) is 3.71. The van der Waals surface area contributed by atoms with Gasteiger partial charge in [-0.05, 0) is 35.0 Å². The number of carboxylic acids is 2. The van der Waals surface area contributed by atoms with Crippen molar-refractivity contribution in [2.45, 2.75) is 0 Å². The van der Waals surface area contributed by atoms with Gasteiger partial charge in [0.05, 0.1) is 11.1 Å². The number of aromatic carboxylic acids is 2. The van der Waals surface area contributed by atoms with E-state index in [1.165, 1.54) is 12.1 Å². The lowest BCUT2D eigenvalue weighted by Gasteiger charge is -2.05. The van der Waals surface area contributed by atoms with E-state index in [-0.39, 0.29) is 11.1 Å². The minimum atomic E-state index is -1.28. The molecular formula is C14H8O4. The number of rotatable bonds is 2. The van der Waals surface area contributed by atoms with Gasteiger partial charge in [0.2, 0.25) is 0 Å².